The SMILES string of the molecule is COc1ccc(CN(c2ccncn2)S(=O)(=O)c2cc(F)c(O[C@H]3CCCCC[C@@H]3c3ccnn3C)cc2F)c(OC)c1. The topological polar surface area (TPSA) is 109 Å². The zero-order valence-corrected chi connectivity index (χ0v) is 24.9. The molecule has 0 bridgehead atoms. The first-order valence-corrected chi connectivity index (χ1v) is 15.3. The third-order valence-electron chi connectivity index (χ3n) is 7.65. The van der Waals surface area contributed by atoms with Crippen molar-refractivity contribution in [2.75, 3.05) is 18.5 Å². The first kappa shape index (κ1) is 30.2. The molecule has 0 amide bonds. The van der Waals surface area contributed by atoms with Crippen LogP contribution in [-0.4, -0.2) is 48.5 Å². The number of hydrogen-bond donors (Lipinski definition) is 0. The van der Waals surface area contributed by atoms with E-state index in [1.165, 1.54) is 32.8 Å². The highest BCUT2D eigenvalue weighted by atomic mass is 32.2. The normalized spacial score (nSPS) is 17.2. The zero-order chi connectivity index (χ0) is 30.6. The lowest BCUT2D eigenvalue weighted by molar-refractivity contribution is 0.150. The van der Waals surface area contributed by atoms with Gasteiger partial charge in [0.05, 0.1) is 20.8 Å². The van der Waals surface area contributed by atoms with Crippen molar-refractivity contribution in [1.29, 1.82) is 0 Å². The lowest BCUT2D eigenvalue weighted by Gasteiger charge is -2.27. The Morgan fingerprint density at radius 2 is 1.77 bits per heavy atom. The van der Waals surface area contributed by atoms with Gasteiger partial charge >= 0.3 is 0 Å². The van der Waals surface area contributed by atoms with Crippen molar-refractivity contribution < 1.29 is 31.4 Å². The molecule has 0 radical (unpaired) electrons. The maximum absolute atomic E-state index is 15.7. The number of ether oxygens (including phenoxy) is 3. The van der Waals surface area contributed by atoms with Crippen LogP contribution >= 0.6 is 0 Å². The number of hydrogen-bond acceptors (Lipinski definition) is 8. The molecule has 43 heavy (non-hydrogen) atoms. The fourth-order valence-corrected chi connectivity index (χ4v) is 6.90. The standard InChI is InChI=1S/C30H33F2N5O5S/c1-36-25(11-14-35-36)22-7-5-4-6-8-26(22)42-28-16-24(32)29(17-23(28)31)43(38,39)37(30-12-13-33-19-34-30)18-20-9-10-21(40-2)15-27(20)41-3/h9-17,19,22,26H,4-8,18H2,1-3H3/t22-,26+/m1/s1. The Balaban J connectivity index is 1.49. The first-order valence-electron chi connectivity index (χ1n) is 13.9. The minimum Gasteiger partial charge on any atom is -0.497 e. The molecule has 1 saturated carbocycles. The van der Waals surface area contributed by atoms with E-state index in [4.69, 9.17) is 14.2 Å². The Morgan fingerprint density at radius 3 is 2.47 bits per heavy atom. The van der Waals surface area contributed by atoms with Crippen LogP contribution in [0.4, 0.5) is 14.6 Å². The van der Waals surface area contributed by atoms with E-state index in [2.05, 4.69) is 15.1 Å². The van der Waals surface area contributed by atoms with Gasteiger partial charge in [-0.3, -0.25) is 4.68 Å². The molecule has 0 unspecified atom stereocenters. The van der Waals surface area contributed by atoms with E-state index in [0.717, 1.165) is 41.7 Å². The van der Waals surface area contributed by atoms with Crippen LogP contribution in [0.15, 0.2) is 66.1 Å². The van der Waals surface area contributed by atoms with Gasteiger partial charge in [-0.05, 0) is 37.5 Å². The van der Waals surface area contributed by atoms with Gasteiger partial charge in [-0.1, -0.05) is 12.8 Å². The summed E-state index contributed by atoms with van der Waals surface area (Å²) >= 11 is 0. The average molecular weight is 614 g/mol. The predicted molar refractivity (Wildman–Crippen MR) is 155 cm³/mol. The van der Waals surface area contributed by atoms with Crippen LogP contribution in [0.1, 0.15) is 49.3 Å². The zero-order valence-electron chi connectivity index (χ0n) is 24.1. The number of benzene rings is 2. The first-order chi connectivity index (χ1) is 20.7. The smallest absolute Gasteiger partial charge is 0.268 e. The van der Waals surface area contributed by atoms with Crippen LogP contribution in [0, 0.1) is 11.6 Å². The molecular formula is C30H33F2N5O5S. The molecule has 0 saturated heterocycles. The molecule has 2 heterocycles. The van der Waals surface area contributed by atoms with Crippen LogP contribution in [0.5, 0.6) is 17.2 Å². The van der Waals surface area contributed by atoms with Gasteiger partial charge in [0.2, 0.25) is 0 Å². The average Bonchev–Trinajstić information content (AvgIpc) is 3.30. The van der Waals surface area contributed by atoms with E-state index in [1.54, 1.807) is 29.1 Å². The third kappa shape index (κ3) is 6.41. The van der Waals surface area contributed by atoms with Gasteiger partial charge in [-0.15, -0.1) is 0 Å². The number of aryl methyl sites for hydroxylation is 1. The number of anilines is 1. The van der Waals surface area contributed by atoms with Crippen LogP contribution in [0.25, 0.3) is 0 Å². The molecule has 0 spiro atoms. The molecule has 228 valence electrons. The second-order valence-corrected chi connectivity index (χ2v) is 12.1. The highest BCUT2D eigenvalue weighted by molar-refractivity contribution is 7.92. The summed E-state index contributed by atoms with van der Waals surface area (Å²) in [6.45, 7) is -0.291. The summed E-state index contributed by atoms with van der Waals surface area (Å²) in [5.41, 5.74) is 1.39. The maximum atomic E-state index is 15.7. The van der Waals surface area contributed by atoms with Crippen LogP contribution < -0.4 is 18.5 Å². The van der Waals surface area contributed by atoms with E-state index < -0.39 is 32.7 Å². The van der Waals surface area contributed by atoms with Crippen molar-refractivity contribution in [3.63, 3.8) is 0 Å². The van der Waals surface area contributed by atoms with E-state index in [0.29, 0.717) is 29.5 Å². The minimum atomic E-state index is -4.68. The van der Waals surface area contributed by atoms with Crippen LogP contribution in [0.3, 0.4) is 0 Å². The highest BCUT2D eigenvalue weighted by Crippen LogP contribution is 2.37. The minimum absolute atomic E-state index is 0.0366. The van der Waals surface area contributed by atoms with Crippen molar-refractivity contribution in [3.05, 3.63) is 84.1 Å². The molecule has 10 nitrogen and oxygen atoms in total. The fraction of sp³-hybridized carbons (Fsp3) is 0.367. The Hall–Kier alpha value is -4.26. The fourth-order valence-electron chi connectivity index (χ4n) is 5.44. The molecule has 2 atom stereocenters. The van der Waals surface area contributed by atoms with Gasteiger partial charge in [0, 0.05) is 60.9 Å². The molecule has 2 aromatic carbocycles. The van der Waals surface area contributed by atoms with Crippen LogP contribution in [-0.2, 0) is 23.6 Å². The monoisotopic (exact) mass is 613 g/mol. The number of halogens is 2. The highest BCUT2D eigenvalue weighted by Gasteiger charge is 2.34. The second-order valence-electron chi connectivity index (χ2n) is 10.3. The van der Waals surface area contributed by atoms with Crippen molar-refractivity contribution in [1.82, 2.24) is 19.7 Å². The molecule has 0 N–H and O–H groups in total. The largest absolute Gasteiger partial charge is 0.497 e. The quantitative estimate of drug-likeness (QED) is 0.219. The number of aromatic nitrogens is 4. The van der Waals surface area contributed by atoms with E-state index in [-0.39, 0.29) is 24.0 Å². The van der Waals surface area contributed by atoms with E-state index >= 15 is 8.78 Å². The molecule has 0 aliphatic heterocycles. The lowest BCUT2D eigenvalue weighted by atomic mass is 9.93. The van der Waals surface area contributed by atoms with Crippen LogP contribution in [0.2, 0.25) is 0 Å². The summed E-state index contributed by atoms with van der Waals surface area (Å²) in [4.78, 5) is 7.07. The Bertz CT molecular complexity index is 1670. The van der Waals surface area contributed by atoms with Gasteiger partial charge in [0.1, 0.15) is 40.5 Å². The summed E-state index contributed by atoms with van der Waals surface area (Å²) in [6.07, 6.45) is 8.08. The molecule has 4 aromatic rings. The predicted octanol–water partition coefficient (Wildman–Crippen LogP) is 5.40. The van der Waals surface area contributed by atoms with Crippen molar-refractivity contribution in [2.45, 2.75) is 55.6 Å². The second kappa shape index (κ2) is 12.9. The van der Waals surface area contributed by atoms with E-state index in [9.17, 15) is 8.42 Å². The Morgan fingerprint density at radius 1 is 0.953 bits per heavy atom. The third-order valence-corrected chi connectivity index (χ3v) is 9.42. The van der Waals surface area contributed by atoms with Crippen molar-refractivity contribution in [2.24, 2.45) is 7.05 Å². The molecule has 1 aliphatic carbocycles. The molecule has 13 heteroatoms. The van der Waals surface area contributed by atoms with Crippen molar-refractivity contribution in [3.8, 4) is 17.2 Å². The number of rotatable bonds is 10. The van der Waals surface area contributed by atoms with Gasteiger partial charge in [0.15, 0.2) is 11.6 Å². The van der Waals surface area contributed by atoms with Crippen molar-refractivity contribution >= 4 is 15.8 Å². The molecular weight excluding hydrogens is 580 g/mol. The molecule has 2 aromatic heterocycles. The molecule has 5 rings (SSSR count). The summed E-state index contributed by atoms with van der Waals surface area (Å²) < 4.78 is 78.6. The Kier molecular flexibility index (Phi) is 9.09. The molecule has 1 fully saturated rings. The van der Waals surface area contributed by atoms with Gasteiger partial charge in [-0.2, -0.15) is 5.10 Å². The number of sulfonamides is 1. The van der Waals surface area contributed by atoms with Gasteiger partial charge < -0.3 is 14.2 Å². The Labute approximate surface area is 249 Å². The summed E-state index contributed by atoms with van der Waals surface area (Å²) in [5, 5.41) is 4.26. The maximum Gasteiger partial charge on any atom is 0.268 e. The summed E-state index contributed by atoms with van der Waals surface area (Å²) in [5.74, 6) is -1.75. The number of nitrogens with zero attached hydrogens (tertiary/aromatic N) is 5. The summed E-state index contributed by atoms with van der Waals surface area (Å²) in [7, 11) is 0.0808. The van der Waals surface area contributed by atoms with E-state index in [1.807, 2.05) is 13.1 Å². The number of methoxy groups -OCH3 is 2. The van der Waals surface area contributed by atoms with Gasteiger partial charge in [-0.25, -0.2) is 31.5 Å². The van der Waals surface area contributed by atoms with Gasteiger partial charge in [0.25, 0.3) is 10.0 Å². The lowest BCUT2D eigenvalue weighted by Crippen LogP contribution is -2.32. The molecule has 1 aliphatic rings. The summed E-state index contributed by atoms with van der Waals surface area (Å²) in [6, 6.07) is 9.60.